The summed E-state index contributed by atoms with van der Waals surface area (Å²) in [7, 11) is 0. The Bertz CT molecular complexity index is 541. The number of rotatable bonds is 6. The van der Waals surface area contributed by atoms with Gasteiger partial charge in [0.15, 0.2) is 0 Å². The second-order valence-corrected chi connectivity index (χ2v) is 5.74. The van der Waals surface area contributed by atoms with Crippen LogP contribution in [0.5, 0.6) is 0 Å². The number of nitrogens with two attached hydrogens (primary N) is 1. The number of ether oxygens (including phenoxy) is 1. The summed E-state index contributed by atoms with van der Waals surface area (Å²) in [6.07, 6.45) is -3.31. The molecule has 0 spiro atoms. The van der Waals surface area contributed by atoms with Crippen LogP contribution in [-0.2, 0) is 28.5 Å². The van der Waals surface area contributed by atoms with Crippen molar-refractivity contribution < 1.29 is 22.7 Å². The summed E-state index contributed by atoms with van der Waals surface area (Å²) < 4.78 is 44.1. The largest absolute Gasteiger partial charge is 0.416 e. The van der Waals surface area contributed by atoms with Crippen LogP contribution in [0.1, 0.15) is 23.1 Å². The van der Waals surface area contributed by atoms with Gasteiger partial charge in [0.05, 0.1) is 25.2 Å². The Morgan fingerprint density at radius 3 is 2.43 bits per heavy atom. The summed E-state index contributed by atoms with van der Waals surface area (Å²) in [5.74, 6) is -0.636. The molecular formula is C16H21F3N2O2. The van der Waals surface area contributed by atoms with E-state index in [1.165, 1.54) is 0 Å². The van der Waals surface area contributed by atoms with E-state index in [2.05, 4.69) is 4.90 Å². The maximum atomic E-state index is 13.0. The molecule has 1 aromatic carbocycles. The Morgan fingerprint density at radius 1 is 1.17 bits per heavy atom. The minimum Gasteiger partial charge on any atom is -0.379 e. The van der Waals surface area contributed by atoms with Crippen LogP contribution in [0.2, 0.25) is 0 Å². The first-order valence-electron chi connectivity index (χ1n) is 7.63. The van der Waals surface area contributed by atoms with Crippen LogP contribution in [0, 0.1) is 0 Å². The van der Waals surface area contributed by atoms with Gasteiger partial charge in [0, 0.05) is 13.1 Å². The van der Waals surface area contributed by atoms with Crippen LogP contribution in [0.15, 0.2) is 18.2 Å². The van der Waals surface area contributed by atoms with Crippen molar-refractivity contribution in [2.24, 2.45) is 5.73 Å². The smallest absolute Gasteiger partial charge is 0.379 e. The molecule has 0 atom stereocenters. The molecule has 1 fully saturated rings. The molecule has 1 amide bonds. The minimum absolute atomic E-state index is 0.180. The van der Waals surface area contributed by atoms with E-state index in [9.17, 15) is 18.0 Å². The fourth-order valence-electron chi connectivity index (χ4n) is 2.71. The van der Waals surface area contributed by atoms with E-state index in [0.717, 1.165) is 38.2 Å². The molecular weight excluding hydrogens is 309 g/mol. The molecule has 2 N–H and O–H groups in total. The van der Waals surface area contributed by atoms with Gasteiger partial charge in [-0.15, -0.1) is 0 Å². The number of amides is 1. The number of nitrogens with zero attached hydrogens (tertiary/aromatic N) is 1. The molecule has 1 heterocycles. The van der Waals surface area contributed by atoms with Gasteiger partial charge in [-0.3, -0.25) is 9.69 Å². The summed E-state index contributed by atoms with van der Waals surface area (Å²) in [5, 5.41) is 0. The molecule has 23 heavy (non-hydrogen) atoms. The number of primary amides is 1. The lowest BCUT2D eigenvalue weighted by atomic mass is 10.00. The first-order valence-corrected chi connectivity index (χ1v) is 7.63. The zero-order valence-electron chi connectivity index (χ0n) is 12.9. The van der Waals surface area contributed by atoms with E-state index in [-0.39, 0.29) is 6.42 Å². The fourth-order valence-corrected chi connectivity index (χ4v) is 2.71. The van der Waals surface area contributed by atoms with Crippen molar-refractivity contribution in [1.82, 2.24) is 4.90 Å². The molecule has 7 heteroatoms. The number of hydrogen-bond acceptors (Lipinski definition) is 3. The van der Waals surface area contributed by atoms with E-state index < -0.39 is 17.6 Å². The number of benzene rings is 1. The lowest BCUT2D eigenvalue weighted by Gasteiger charge is -2.26. The number of morpholine rings is 1. The Labute approximate surface area is 133 Å². The molecule has 1 saturated heterocycles. The zero-order chi connectivity index (χ0) is 16.9. The highest BCUT2D eigenvalue weighted by Gasteiger charge is 2.31. The maximum absolute atomic E-state index is 13.0. The van der Waals surface area contributed by atoms with Crippen LogP contribution in [0.3, 0.4) is 0 Å². The summed E-state index contributed by atoms with van der Waals surface area (Å²) in [5.41, 5.74) is 5.27. The monoisotopic (exact) mass is 330 g/mol. The number of hydrogen-bond donors (Lipinski definition) is 1. The van der Waals surface area contributed by atoms with E-state index in [0.29, 0.717) is 30.8 Å². The van der Waals surface area contributed by atoms with Crippen molar-refractivity contribution in [3.63, 3.8) is 0 Å². The zero-order valence-corrected chi connectivity index (χ0v) is 12.9. The SMILES string of the molecule is NC(=O)Cc1cc(CCCN2CCOCC2)cc(C(F)(F)F)c1. The number of aryl methyl sites for hydroxylation is 1. The molecule has 0 aromatic heterocycles. The lowest BCUT2D eigenvalue weighted by Crippen LogP contribution is -2.36. The first-order chi connectivity index (χ1) is 10.8. The van der Waals surface area contributed by atoms with E-state index in [1.807, 2.05) is 0 Å². The number of halogens is 3. The predicted octanol–water partition coefficient (Wildman–Crippen LogP) is 2.00. The number of carbonyl (C=O) groups excluding carboxylic acids is 1. The van der Waals surface area contributed by atoms with Gasteiger partial charge < -0.3 is 10.5 Å². The maximum Gasteiger partial charge on any atom is 0.416 e. The number of alkyl halides is 3. The van der Waals surface area contributed by atoms with Gasteiger partial charge in [0.2, 0.25) is 5.91 Å². The Morgan fingerprint density at radius 2 is 1.83 bits per heavy atom. The third kappa shape index (κ3) is 5.84. The van der Waals surface area contributed by atoms with E-state index >= 15 is 0 Å². The van der Waals surface area contributed by atoms with Gasteiger partial charge >= 0.3 is 6.18 Å². The van der Waals surface area contributed by atoms with Crippen molar-refractivity contribution in [2.75, 3.05) is 32.8 Å². The molecule has 0 radical (unpaired) electrons. The van der Waals surface area contributed by atoms with Gasteiger partial charge in [0.25, 0.3) is 0 Å². The molecule has 1 aromatic rings. The summed E-state index contributed by atoms with van der Waals surface area (Å²) in [4.78, 5) is 13.2. The molecule has 1 aliphatic rings. The topological polar surface area (TPSA) is 55.6 Å². The highest BCUT2D eigenvalue weighted by molar-refractivity contribution is 5.76. The Kier molecular flexibility index (Phi) is 6.01. The molecule has 0 aliphatic carbocycles. The average Bonchev–Trinajstić information content (AvgIpc) is 2.46. The van der Waals surface area contributed by atoms with Crippen LogP contribution >= 0.6 is 0 Å². The summed E-state index contributed by atoms with van der Waals surface area (Å²) in [6.45, 7) is 3.94. The van der Waals surface area contributed by atoms with Gasteiger partial charge in [-0.1, -0.05) is 6.07 Å². The van der Waals surface area contributed by atoms with Gasteiger partial charge in [-0.25, -0.2) is 0 Å². The van der Waals surface area contributed by atoms with Crippen molar-refractivity contribution >= 4 is 5.91 Å². The van der Waals surface area contributed by atoms with E-state index in [4.69, 9.17) is 10.5 Å². The van der Waals surface area contributed by atoms with Gasteiger partial charge in [-0.05, 0) is 42.6 Å². The third-order valence-corrected chi connectivity index (χ3v) is 3.80. The Hall–Kier alpha value is -1.60. The average molecular weight is 330 g/mol. The second kappa shape index (κ2) is 7.79. The van der Waals surface area contributed by atoms with Crippen LogP contribution in [0.4, 0.5) is 13.2 Å². The first kappa shape index (κ1) is 17.7. The molecule has 128 valence electrons. The van der Waals surface area contributed by atoms with Gasteiger partial charge in [0.1, 0.15) is 0 Å². The molecule has 4 nitrogen and oxygen atoms in total. The van der Waals surface area contributed by atoms with Crippen LogP contribution in [-0.4, -0.2) is 43.7 Å². The molecule has 1 aliphatic heterocycles. The number of carbonyl (C=O) groups is 1. The summed E-state index contributed by atoms with van der Waals surface area (Å²) >= 11 is 0. The minimum atomic E-state index is -4.42. The Balaban J connectivity index is 2.02. The molecule has 2 rings (SSSR count). The summed E-state index contributed by atoms with van der Waals surface area (Å²) in [6, 6.07) is 3.79. The fraction of sp³-hybridized carbons (Fsp3) is 0.562. The predicted molar refractivity (Wildman–Crippen MR) is 79.9 cm³/mol. The lowest BCUT2D eigenvalue weighted by molar-refractivity contribution is -0.137. The third-order valence-electron chi connectivity index (χ3n) is 3.80. The van der Waals surface area contributed by atoms with Crippen LogP contribution < -0.4 is 5.73 Å². The second-order valence-electron chi connectivity index (χ2n) is 5.74. The highest BCUT2D eigenvalue weighted by atomic mass is 19.4. The van der Waals surface area contributed by atoms with Crippen molar-refractivity contribution in [1.29, 1.82) is 0 Å². The van der Waals surface area contributed by atoms with Crippen molar-refractivity contribution in [3.8, 4) is 0 Å². The van der Waals surface area contributed by atoms with Crippen molar-refractivity contribution in [3.05, 3.63) is 34.9 Å². The quantitative estimate of drug-likeness (QED) is 0.868. The highest BCUT2D eigenvalue weighted by Crippen LogP contribution is 2.31. The van der Waals surface area contributed by atoms with Gasteiger partial charge in [-0.2, -0.15) is 13.2 Å². The van der Waals surface area contributed by atoms with Crippen molar-refractivity contribution in [2.45, 2.75) is 25.4 Å². The molecule has 0 saturated carbocycles. The van der Waals surface area contributed by atoms with Crippen LogP contribution in [0.25, 0.3) is 0 Å². The molecule has 0 bridgehead atoms. The van der Waals surface area contributed by atoms with E-state index in [1.54, 1.807) is 6.07 Å². The standard InChI is InChI=1S/C16H21F3N2O2/c17-16(18,19)14-9-12(8-13(10-14)11-15(20)22)2-1-3-21-4-6-23-7-5-21/h8-10H,1-7,11H2,(H2,20,22). The normalized spacial score (nSPS) is 16.5. The molecule has 0 unspecified atom stereocenters.